The summed E-state index contributed by atoms with van der Waals surface area (Å²) in [6.45, 7) is 8.51. The van der Waals surface area contributed by atoms with Crippen LogP contribution >= 0.6 is 0 Å². The molecule has 0 heterocycles. The molecule has 2 heteroatoms. The van der Waals surface area contributed by atoms with E-state index in [1.807, 2.05) is 0 Å². The maximum absolute atomic E-state index is 8.76. The van der Waals surface area contributed by atoms with Crippen molar-refractivity contribution in [1.82, 2.24) is 0 Å². The lowest BCUT2D eigenvalue weighted by atomic mass is 9.86. The first-order chi connectivity index (χ1) is 6.52. The van der Waals surface area contributed by atoms with E-state index in [4.69, 9.17) is 5.26 Å². The summed E-state index contributed by atoms with van der Waals surface area (Å²) in [5.41, 5.74) is 0.0412. The van der Waals surface area contributed by atoms with Gasteiger partial charge in [-0.25, -0.2) is 4.89 Å². The van der Waals surface area contributed by atoms with Crippen molar-refractivity contribution >= 4 is 0 Å². The van der Waals surface area contributed by atoms with Crippen molar-refractivity contribution < 1.29 is 10.1 Å². The Morgan fingerprint density at radius 1 is 1.07 bits per heavy atom. The van der Waals surface area contributed by atoms with E-state index >= 15 is 0 Å². The highest BCUT2D eigenvalue weighted by molar-refractivity contribution is 4.73. The predicted octanol–water partition coefficient (Wildman–Crippen LogP) is 4.25. The average Bonchev–Trinajstić information content (AvgIpc) is 2.09. The van der Waals surface area contributed by atoms with E-state index in [2.05, 4.69) is 32.6 Å². The molecule has 14 heavy (non-hydrogen) atoms. The third kappa shape index (κ3) is 6.39. The molecule has 0 aromatic carbocycles. The summed E-state index contributed by atoms with van der Waals surface area (Å²) in [5.74, 6) is 0. The number of hydrogen-bond acceptors (Lipinski definition) is 2. The summed E-state index contributed by atoms with van der Waals surface area (Å²) in [7, 11) is 0. The molecule has 1 unspecified atom stereocenters. The van der Waals surface area contributed by atoms with E-state index in [9.17, 15) is 0 Å². The summed E-state index contributed by atoms with van der Waals surface area (Å²) in [6, 6.07) is 0. The molecular formula is C12H26O2. The summed E-state index contributed by atoms with van der Waals surface area (Å²) in [6.07, 6.45) is 7.25. The Kier molecular flexibility index (Phi) is 7.20. The van der Waals surface area contributed by atoms with E-state index in [0.29, 0.717) is 0 Å². The Labute approximate surface area is 88.6 Å². The topological polar surface area (TPSA) is 29.5 Å². The van der Waals surface area contributed by atoms with Crippen LogP contribution in [0, 0.1) is 5.41 Å². The van der Waals surface area contributed by atoms with Crippen LogP contribution in [0.4, 0.5) is 0 Å². The third-order valence-corrected chi connectivity index (χ3v) is 2.66. The minimum atomic E-state index is -0.0240. The van der Waals surface area contributed by atoms with Gasteiger partial charge in [0.25, 0.3) is 0 Å². The molecule has 86 valence electrons. The van der Waals surface area contributed by atoms with Crippen molar-refractivity contribution in [3.63, 3.8) is 0 Å². The molecule has 1 N–H and O–H groups in total. The van der Waals surface area contributed by atoms with Gasteiger partial charge in [0.1, 0.15) is 0 Å². The fourth-order valence-electron chi connectivity index (χ4n) is 1.58. The van der Waals surface area contributed by atoms with Gasteiger partial charge in [-0.1, -0.05) is 59.8 Å². The Morgan fingerprint density at radius 2 is 1.64 bits per heavy atom. The van der Waals surface area contributed by atoms with Crippen molar-refractivity contribution in [3.8, 4) is 0 Å². The van der Waals surface area contributed by atoms with Crippen LogP contribution in [0.3, 0.4) is 0 Å². The van der Waals surface area contributed by atoms with Crippen LogP contribution in [0.2, 0.25) is 0 Å². The van der Waals surface area contributed by atoms with Gasteiger partial charge in [0.15, 0.2) is 0 Å². The molecule has 0 aromatic heterocycles. The van der Waals surface area contributed by atoms with E-state index < -0.39 is 0 Å². The van der Waals surface area contributed by atoms with Crippen LogP contribution in [0.5, 0.6) is 0 Å². The zero-order valence-electron chi connectivity index (χ0n) is 10.2. The molecule has 1 atom stereocenters. The van der Waals surface area contributed by atoms with E-state index in [1.165, 1.54) is 25.7 Å². The second-order valence-electron chi connectivity index (χ2n) is 5.16. The van der Waals surface area contributed by atoms with Gasteiger partial charge in [-0.3, -0.25) is 5.26 Å². The molecule has 0 spiro atoms. The van der Waals surface area contributed by atoms with Crippen molar-refractivity contribution in [1.29, 1.82) is 0 Å². The van der Waals surface area contributed by atoms with Crippen molar-refractivity contribution in [2.75, 3.05) is 0 Å². The molecule has 0 saturated heterocycles. The minimum Gasteiger partial charge on any atom is -0.252 e. The van der Waals surface area contributed by atoms with Gasteiger partial charge in [0.05, 0.1) is 6.10 Å². The Morgan fingerprint density at radius 3 is 2.07 bits per heavy atom. The maximum Gasteiger partial charge on any atom is 0.0975 e. The van der Waals surface area contributed by atoms with Crippen LogP contribution in [-0.4, -0.2) is 11.4 Å². The first-order valence-electron chi connectivity index (χ1n) is 5.82. The maximum atomic E-state index is 8.76. The molecule has 0 fully saturated rings. The van der Waals surface area contributed by atoms with Crippen LogP contribution in [-0.2, 0) is 4.89 Å². The lowest BCUT2D eigenvalue weighted by Gasteiger charge is -2.27. The van der Waals surface area contributed by atoms with Crippen LogP contribution in [0.25, 0.3) is 0 Å². The fraction of sp³-hybridized carbons (Fsp3) is 1.00. The molecule has 0 radical (unpaired) electrons. The molecule has 0 aliphatic heterocycles. The normalized spacial score (nSPS) is 14.4. The fourth-order valence-corrected chi connectivity index (χ4v) is 1.58. The van der Waals surface area contributed by atoms with Crippen LogP contribution < -0.4 is 0 Å². The highest BCUT2D eigenvalue weighted by atomic mass is 17.1. The van der Waals surface area contributed by atoms with E-state index in [-0.39, 0.29) is 11.5 Å². The van der Waals surface area contributed by atoms with E-state index in [0.717, 1.165) is 12.8 Å². The highest BCUT2D eigenvalue weighted by Gasteiger charge is 2.24. The largest absolute Gasteiger partial charge is 0.252 e. The zero-order valence-corrected chi connectivity index (χ0v) is 10.2. The summed E-state index contributed by atoms with van der Waals surface area (Å²) < 4.78 is 0. The zero-order chi connectivity index (χ0) is 11.0. The van der Waals surface area contributed by atoms with Gasteiger partial charge in [0, 0.05) is 0 Å². The van der Waals surface area contributed by atoms with Gasteiger partial charge in [0.2, 0.25) is 0 Å². The standard InChI is InChI=1S/C12H26O2/c1-5-6-7-8-9-10-11(14-13)12(2,3)4/h11,13H,5-10H2,1-4H3. The summed E-state index contributed by atoms with van der Waals surface area (Å²) >= 11 is 0. The Bertz CT molecular complexity index is 127. The second kappa shape index (κ2) is 7.24. The third-order valence-electron chi connectivity index (χ3n) is 2.66. The molecular weight excluding hydrogens is 176 g/mol. The molecule has 0 rings (SSSR count). The lowest BCUT2D eigenvalue weighted by molar-refractivity contribution is -0.300. The lowest BCUT2D eigenvalue weighted by Crippen LogP contribution is -2.28. The first-order valence-corrected chi connectivity index (χ1v) is 5.82. The minimum absolute atomic E-state index is 0.0240. The van der Waals surface area contributed by atoms with Gasteiger partial charge >= 0.3 is 0 Å². The van der Waals surface area contributed by atoms with Gasteiger partial charge in [-0.15, -0.1) is 0 Å². The van der Waals surface area contributed by atoms with Crippen LogP contribution in [0.1, 0.15) is 66.2 Å². The van der Waals surface area contributed by atoms with Crippen molar-refractivity contribution in [3.05, 3.63) is 0 Å². The molecule has 0 saturated carbocycles. The Hall–Kier alpha value is -0.0800. The van der Waals surface area contributed by atoms with Crippen molar-refractivity contribution in [2.24, 2.45) is 5.41 Å². The first kappa shape index (κ1) is 13.9. The summed E-state index contributed by atoms with van der Waals surface area (Å²) in [5, 5.41) is 8.76. The number of rotatable bonds is 7. The van der Waals surface area contributed by atoms with Gasteiger partial charge in [-0.2, -0.15) is 0 Å². The Balaban J connectivity index is 3.54. The average molecular weight is 202 g/mol. The smallest absolute Gasteiger partial charge is 0.0975 e. The summed E-state index contributed by atoms with van der Waals surface area (Å²) in [4.78, 5) is 4.52. The highest BCUT2D eigenvalue weighted by Crippen LogP contribution is 2.26. The SMILES string of the molecule is CCCCCCCC(OO)C(C)(C)C. The quantitative estimate of drug-likeness (QED) is 0.380. The van der Waals surface area contributed by atoms with Gasteiger partial charge < -0.3 is 0 Å². The number of unbranched alkanes of at least 4 members (excludes halogenated alkanes) is 4. The molecule has 0 amide bonds. The van der Waals surface area contributed by atoms with E-state index in [1.54, 1.807) is 0 Å². The number of hydrogen-bond donors (Lipinski definition) is 1. The molecule has 0 bridgehead atoms. The monoisotopic (exact) mass is 202 g/mol. The molecule has 0 aliphatic rings. The second-order valence-corrected chi connectivity index (χ2v) is 5.16. The molecule has 2 nitrogen and oxygen atoms in total. The van der Waals surface area contributed by atoms with Crippen molar-refractivity contribution in [2.45, 2.75) is 72.3 Å². The predicted molar refractivity (Wildman–Crippen MR) is 60.3 cm³/mol. The molecule has 0 aromatic rings. The van der Waals surface area contributed by atoms with Gasteiger partial charge in [-0.05, 0) is 11.8 Å². The van der Waals surface area contributed by atoms with Crippen LogP contribution in [0.15, 0.2) is 0 Å². The molecule has 0 aliphatic carbocycles.